The van der Waals surface area contributed by atoms with E-state index >= 15 is 0 Å². The molecular formula is C31H32Br2N2Ni. The summed E-state index contributed by atoms with van der Waals surface area (Å²) in [5, 5.41) is 2.39. The number of aryl methyl sites for hydroxylation is 6. The number of halogens is 2. The summed E-state index contributed by atoms with van der Waals surface area (Å²) < 4.78 is 0. The van der Waals surface area contributed by atoms with Gasteiger partial charge in [0.2, 0.25) is 0 Å². The summed E-state index contributed by atoms with van der Waals surface area (Å²) in [6.07, 6.45) is 0. The summed E-state index contributed by atoms with van der Waals surface area (Å²) in [5.41, 5.74) is 12.2. The van der Waals surface area contributed by atoms with Crippen LogP contribution in [0.2, 0.25) is 0 Å². The van der Waals surface area contributed by atoms with Gasteiger partial charge < -0.3 is 0 Å². The van der Waals surface area contributed by atoms with Crippen molar-refractivity contribution in [1.29, 1.82) is 0 Å². The minimum absolute atomic E-state index is 0.917. The first kappa shape index (κ1) is 28.5. The third-order valence-corrected chi connectivity index (χ3v) is 6.16. The summed E-state index contributed by atoms with van der Waals surface area (Å²) in [4.78, 5) is 10.4. The van der Waals surface area contributed by atoms with Crippen LogP contribution in [0.3, 0.4) is 0 Å². The maximum atomic E-state index is 5.28. The summed E-state index contributed by atoms with van der Waals surface area (Å²) in [6, 6.07) is 23.7. The maximum absolute atomic E-state index is 5.28. The van der Waals surface area contributed by atoms with E-state index in [4.69, 9.17) is 9.98 Å². The topological polar surface area (TPSA) is 24.7 Å². The van der Waals surface area contributed by atoms with E-state index in [1.807, 2.05) is 0 Å². The molecule has 0 fully saturated rings. The number of fused-ring (bicyclic) bond motifs is 1. The summed E-state index contributed by atoms with van der Waals surface area (Å²) in [6.45, 7) is 14.9. The molecule has 0 bridgehead atoms. The second kappa shape index (κ2) is 12.9. The van der Waals surface area contributed by atoms with E-state index in [-0.39, 0.29) is 0 Å². The molecule has 4 aromatic carbocycles. The first-order valence-corrected chi connectivity index (χ1v) is 16.6. The second-order valence-corrected chi connectivity index (χ2v) is 14.2. The second-order valence-electron chi connectivity index (χ2n) is 9.22. The molecule has 36 heavy (non-hydrogen) atoms. The first-order chi connectivity index (χ1) is 17.2. The van der Waals surface area contributed by atoms with Crippen molar-refractivity contribution in [2.45, 2.75) is 48.5 Å². The Labute approximate surface area is 235 Å². The molecule has 0 aromatic heterocycles. The summed E-state index contributed by atoms with van der Waals surface area (Å²) >= 11 is 6.00. The zero-order valence-corrected chi connectivity index (χ0v) is 26.0. The monoisotopic (exact) mass is 648 g/mol. The van der Waals surface area contributed by atoms with Crippen LogP contribution in [-0.4, -0.2) is 11.4 Å². The summed E-state index contributed by atoms with van der Waals surface area (Å²) in [5.74, 6) is 0. The average molecular weight is 651 g/mol. The Morgan fingerprint density at radius 1 is 0.639 bits per heavy atom. The predicted molar refractivity (Wildman–Crippen MR) is 162 cm³/mol. The van der Waals surface area contributed by atoms with Gasteiger partial charge in [0.15, 0.2) is 0 Å². The molecule has 0 amide bonds. The van der Waals surface area contributed by atoms with Crippen molar-refractivity contribution < 1.29 is 10.9 Å². The van der Waals surface area contributed by atoms with Crippen LogP contribution >= 0.6 is 28.5 Å². The molecule has 0 aliphatic carbocycles. The van der Waals surface area contributed by atoms with Gasteiger partial charge in [-0.15, -0.1) is 0 Å². The molecular weight excluding hydrogens is 619 g/mol. The molecule has 2 nitrogen and oxygen atoms in total. The van der Waals surface area contributed by atoms with Gasteiger partial charge in [-0.05, 0) is 81.5 Å². The van der Waals surface area contributed by atoms with Gasteiger partial charge in [-0.25, -0.2) is 4.99 Å². The van der Waals surface area contributed by atoms with Gasteiger partial charge in [0, 0.05) is 5.56 Å². The number of rotatable bonds is 4. The quantitative estimate of drug-likeness (QED) is 0.155. The molecule has 5 heteroatoms. The van der Waals surface area contributed by atoms with Crippen molar-refractivity contribution in [3.63, 3.8) is 0 Å². The van der Waals surface area contributed by atoms with Crippen molar-refractivity contribution in [2.24, 2.45) is 9.98 Å². The van der Waals surface area contributed by atoms with Crippen LogP contribution in [-0.2, 0) is 10.9 Å². The molecule has 0 saturated heterocycles. The van der Waals surface area contributed by atoms with Gasteiger partial charge in [-0.1, -0.05) is 77.9 Å². The van der Waals surface area contributed by atoms with Gasteiger partial charge in [0.05, 0.1) is 22.8 Å². The van der Waals surface area contributed by atoms with E-state index in [0.29, 0.717) is 0 Å². The SMILES string of the molecule is CC(=Nc1c(C)cc(C)cc1C)C(=Nc1c(C)cc(C)cc1C)c1cccc2ccccc12.[Br][Ni][Br]. The van der Waals surface area contributed by atoms with Crippen LogP contribution in [0.15, 0.2) is 76.7 Å². The molecule has 0 aliphatic rings. The number of benzene rings is 4. The van der Waals surface area contributed by atoms with Gasteiger partial charge >= 0.3 is 39.3 Å². The van der Waals surface area contributed by atoms with Crippen molar-refractivity contribution in [3.8, 4) is 0 Å². The van der Waals surface area contributed by atoms with E-state index in [1.165, 1.54) is 55.1 Å². The van der Waals surface area contributed by atoms with Gasteiger partial charge in [0.1, 0.15) is 0 Å². The molecule has 0 radical (unpaired) electrons. The van der Waals surface area contributed by atoms with Crippen LogP contribution in [0, 0.1) is 41.5 Å². The van der Waals surface area contributed by atoms with Gasteiger partial charge in [0.25, 0.3) is 0 Å². The van der Waals surface area contributed by atoms with Crippen molar-refractivity contribution in [3.05, 3.63) is 106 Å². The molecule has 4 aromatic rings. The fourth-order valence-electron chi connectivity index (χ4n) is 4.80. The van der Waals surface area contributed by atoms with Crippen molar-refractivity contribution in [1.82, 2.24) is 0 Å². The Morgan fingerprint density at radius 2 is 1.08 bits per heavy atom. The number of aliphatic imine (C=N–C) groups is 2. The van der Waals surface area contributed by atoms with Crippen LogP contribution in [0.4, 0.5) is 11.4 Å². The number of hydrogen-bond acceptors (Lipinski definition) is 2. The molecule has 0 aliphatic heterocycles. The van der Waals surface area contributed by atoms with Gasteiger partial charge in [-0.3, -0.25) is 4.99 Å². The Bertz CT molecular complexity index is 1400. The van der Waals surface area contributed by atoms with E-state index < -0.39 is 0 Å². The first-order valence-electron chi connectivity index (χ1n) is 11.8. The summed E-state index contributed by atoms with van der Waals surface area (Å²) in [7, 11) is 1.25. The molecule has 0 N–H and O–H groups in total. The van der Waals surface area contributed by atoms with E-state index in [0.717, 1.165) is 28.4 Å². The molecule has 0 saturated carbocycles. The van der Waals surface area contributed by atoms with E-state index in [2.05, 4.69) is 144 Å². The Balaban J connectivity index is 0.00000115. The Morgan fingerprint density at radius 3 is 1.61 bits per heavy atom. The van der Waals surface area contributed by atoms with Crippen LogP contribution < -0.4 is 0 Å². The van der Waals surface area contributed by atoms with Crippen LogP contribution in [0.25, 0.3) is 10.8 Å². The van der Waals surface area contributed by atoms with E-state index in [9.17, 15) is 0 Å². The fourth-order valence-corrected chi connectivity index (χ4v) is 4.80. The average Bonchev–Trinajstić information content (AvgIpc) is 2.81. The fraction of sp³-hybridized carbons (Fsp3) is 0.226. The molecule has 0 heterocycles. The number of hydrogen-bond donors (Lipinski definition) is 0. The van der Waals surface area contributed by atoms with E-state index in [1.54, 1.807) is 0 Å². The van der Waals surface area contributed by atoms with Crippen LogP contribution in [0.1, 0.15) is 45.9 Å². The minimum atomic E-state index is 0.917. The molecule has 0 spiro atoms. The van der Waals surface area contributed by atoms with Crippen molar-refractivity contribution >= 4 is 62.0 Å². The third-order valence-electron chi connectivity index (χ3n) is 6.16. The molecule has 0 unspecified atom stereocenters. The van der Waals surface area contributed by atoms with Crippen molar-refractivity contribution in [2.75, 3.05) is 0 Å². The molecule has 0 atom stereocenters. The zero-order valence-electron chi connectivity index (χ0n) is 21.8. The standard InChI is InChI=1S/C31H32N2.2BrH.Ni/c1-19-15-21(3)29(22(4)16-19)32-25(7)31(33-30-23(5)17-20(2)18-24(30)6)28-14-10-12-26-11-8-9-13-27(26)28;;;/h8-18H,1-7H3;2*1H;/q;;;+2/p-2. The molecule has 4 rings (SSSR count). The van der Waals surface area contributed by atoms with Gasteiger partial charge in [-0.2, -0.15) is 0 Å². The normalized spacial score (nSPS) is 12.0. The number of nitrogens with zero attached hydrogens (tertiary/aromatic N) is 2. The molecule has 190 valence electrons. The predicted octanol–water partition coefficient (Wildman–Crippen LogP) is 10.3. The zero-order chi connectivity index (χ0) is 26.4. The Kier molecular flexibility index (Phi) is 10.3. The van der Waals surface area contributed by atoms with Crippen LogP contribution in [0.5, 0.6) is 0 Å². The Hall–Kier alpha value is -2.07. The third kappa shape index (κ3) is 6.82.